The van der Waals surface area contributed by atoms with Crippen LogP contribution in [-0.4, -0.2) is 23.2 Å². The Morgan fingerprint density at radius 3 is 2.88 bits per heavy atom. The second-order valence-electron chi connectivity index (χ2n) is 3.94. The molecule has 0 spiro atoms. The summed E-state index contributed by atoms with van der Waals surface area (Å²) in [6.45, 7) is 3.28. The second-order valence-corrected chi connectivity index (χ2v) is 4.60. The Hall–Kier alpha value is -1.55. The SMILES string of the molecule is C[C@H](Cl)C(=O)c1ccc2c(c1)NC(=O)[C@@H](C)O2. The molecular weight excluding hydrogens is 242 g/mol. The molecule has 0 aromatic heterocycles. The lowest BCUT2D eigenvalue weighted by Gasteiger charge is -2.23. The third-order valence-electron chi connectivity index (χ3n) is 2.56. The number of hydrogen-bond acceptors (Lipinski definition) is 3. The molecule has 1 amide bonds. The molecule has 1 aliphatic rings. The van der Waals surface area contributed by atoms with Gasteiger partial charge in [0.25, 0.3) is 5.91 Å². The topological polar surface area (TPSA) is 55.4 Å². The van der Waals surface area contributed by atoms with Crippen molar-refractivity contribution in [3.05, 3.63) is 23.8 Å². The van der Waals surface area contributed by atoms with Crippen LogP contribution in [0, 0.1) is 0 Å². The number of hydrogen-bond donors (Lipinski definition) is 1. The van der Waals surface area contributed by atoms with E-state index in [2.05, 4.69) is 5.32 Å². The van der Waals surface area contributed by atoms with Crippen molar-refractivity contribution in [2.75, 3.05) is 5.32 Å². The standard InChI is InChI=1S/C12H12ClNO3/c1-6(13)11(15)8-3-4-10-9(5-8)14-12(16)7(2)17-10/h3-7H,1-2H3,(H,14,16)/t6-,7+/m0/s1. The molecule has 0 fully saturated rings. The number of ketones is 1. The Bertz CT molecular complexity index is 485. The highest BCUT2D eigenvalue weighted by atomic mass is 35.5. The molecule has 0 saturated heterocycles. The summed E-state index contributed by atoms with van der Waals surface area (Å²) in [5.41, 5.74) is 0.973. The van der Waals surface area contributed by atoms with E-state index in [1.807, 2.05) is 0 Å². The maximum absolute atomic E-state index is 11.7. The van der Waals surface area contributed by atoms with E-state index >= 15 is 0 Å². The zero-order valence-electron chi connectivity index (χ0n) is 9.49. The maximum Gasteiger partial charge on any atom is 0.265 e. The number of carbonyl (C=O) groups excluding carboxylic acids is 2. The van der Waals surface area contributed by atoms with E-state index in [0.29, 0.717) is 17.0 Å². The first-order valence-electron chi connectivity index (χ1n) is 5.29. The zero-order valence-corrected chi connectivity index (χ0v) is 10.2. The fourth-order valence-electron chi connectivity index (χ4n) is 1.59. The number of nitrogens with one attached hydrogen (secondary N) is 1. The molecule has 0 bridgehead atoms. The number of benzene rings is 1. The van der Waals surface area contributed by atoms with Crippen LogP contribution in [-0.2, 0) is 4.79 Å². The minimum atomic E-state index is -0.591. The molecule has 5 heteroatoms. The first kappa shape index (κ1) is 11.9. The summed E-state index contributed by atoms with van der Waals surface area (Å²) in [6, 6.07) is 4.89. The molecule has 0 saturated carbocycles. The minimum absolute atomic E-state index is 0.178. The summed E-state index contributed by atoms with van der Waals surface area (Å²) in [5, 5.41) is 2.09. The van der Waals surface area contributed by atoms with Gasteiger partial charge in [0.1, 0.15) is 5.75 Å². The Balaban J connectivity index is 2.35. The van der Waals surface area contributed by atoms with E-state index < -0.39 is 11.5 Å². The van der Waals surface area contributed by atoms with Gasteiger partial charge < -0.3 is 10.1 Å². The molecule has 2 rings (SSSR count). The largest absolute Gasteiger partial charge is 0.479 e. The summed E-state index contributed by atoms with van der Waals surface area (Å²) in [7, 11) is 0. The van der Waals surface area contributed by atoms with E-state index in [-0.39, 0.29) is 11.7 Å². The summed E-state index contributed by atoms with van der Waals surface area (Å²) in [5.74, 6) is 0.166. The van der Waals surface area contributed by atoms with Crippen LogP contribution in [0.5, 0.6) is 5.75 Å². The lowest BCUT2D eigenvalue weighted by molar-refractivity contribution is -0.122. The quantitative estimate of drug-likeness (QED) is 0.649. The summed E-state index contributed by atoms with van der Waals surface area (Å²) in [4.78, 5) is 23.1. The molecule has 0 radical (unpaired) electrons. The van der Waals surface area contributed by atoms with Crippen molar-refractivity contribution in [1.82, 2.24) is 0 Å². The van der Waals surface area contributed by atoms with Gasteiger partial charge in [0, 0.05) is 5.56 Å². The third kappa shape index (κ3) is 2.26. The van der Waals surface area contributed by atoms with E-state index in [0.717, 1.165) is 0 Å². The number of Topliss-reactive ketones (excluding diaryl/α,β-unsaturated/α-hetero) is 1. The summed E-state index contributed by atoms with van der Waals surface area (Å²) >= 11 is 5.73. The average molecular weight is 254 g/mol. The molecule has 4 nitrogen and oxygen atoms in total. The van der Waals surface area contributed by atoms with Crippen LogP contribution in [0.3, 0.4) is 0 Å². The number of carbonyl (C=O) groups is 2. The van der Waals surface area contributed by atoms with Crippen LogP contribution in [0.4, 0.5) is 5.69 Å². The van der Waals surface area contributed by atoms with E-state index in [9.17, 15) is 9.59 Å². The van der Waals surface area contributed by atoms with E-state index in [4.69, 9.17) is 16.3 Å². The second kappa shape index (κ2) is 4.37. The van der Waals surface area contributed by atoms with Gasteiger partial charge in [0.15, 0.2) is 11.9 Å². The number of halogens is 1. The van der Waals surface area contributed by atoms with Crippen LogP contribution in [0.1, 0.15) is 24.2 Å². The highest BCUT2D eigenvalue weighted by Crippen LogP contribution is 2.30. The van der Waals surface area contributed by atoms with Gasteiger partial charge in [-0.3, -0.25) is 9.59 Å². The average Bonchev–Trinajstić information content (AvgIpc) is 2.29. The summed E-state index contributed by atoms with van der Waals surface area (Å²) < 4.78 is 5.38. The molecule has 0 aliphatic carbocycles. The van der Waals surface area contributed by atoms with Crippen molar-refractivity contribution in [3.63, 3.8) is 0 Å². The lowest BCUT2D eigenvalue weighted by Crippen LogP contribution is -2.34. The highest BCUT2D eigenvalue weighted by Gasteiger charge is 2.24. The van der Waals surface area contributed by atoms with E-state index in [1.165, 1.54) is 0 Å². The predicted molar refractivity (Wildman–Crippen MR) is 64.8 cm³/mol. The van der Waals surface area contributed by atoms with Crippen molar-refractivity contribution in [2.24, 2.45) is 0 Å². The number of amides is 1. The van der Waals surface area contributed by atoms with E-state index in [1.54, 1.807) is 32.0 Å². The zero-order chi connectivity index (χ0) is 12.6. The van der Waals surface area contributed by atoms with Crippen LogP contribution in [0.2, 0.25) is 0 Å². The summed E-state index contributed by atoms with van der Waals surface area (Å²) in [6.07, 6.45) is -0.518. The molecule has 1 aliphatic heterocycles. The molecular formula is C12H12ClNO3. The van der Waals surface area contributed by atoms with Crippen LogP contribution < -0.4 is 10.1 Å². The smallest absolute Gasteiger partial charge is 0.265 e. The van der Waals surface area contributed by atoms with Gasteiger partial charge in [-0.15, -0.1) is 11.6 Å². The molecule has 2 atom stereocenters. The molecule has 17 heavy (non-hydrogen) atoms. The van der Waals surface area contributed by atoms with Crippen molar-refractivity contribution in [2.45, 2.75) is 25.3 Å². The van der Waals surface area contributed by atoms with Gasteiger partial charge >= 0.3 is 0 Å². The molecule has 90 valence electrons. The Morgan fingerprint density at radius 2 is 2.24 bits per heavy atom. The van der Waals surface area contributed by atoms with Crippen molar-refractivity contribution >= 4 is 29.0 Å². The molecule has 0 unspecified atom stereocenters. The van der Waals surface area contributed by atoms with Crippen LogP contribution in [0.25, 0.3) is 0 Å². The predicted octanol–water partition coefficient (Wildman–Crippen LogP) is 2.22. The molecule has 1 heterocycles. The van der Waals surface area contributed by atoms with Gasteiger partial charge in [-0.25, -0.2) is 0 Å². The fourth-order valence-corrected chi connectivity index (χ4v) is 1.72. The lowest BCUT2D eigenvalue weighted by atomic mass is 10.1. The fraction of sp³-hybridized carbons (Fsp3) is 0.333. The Morgan fingerprint density at radius 1 is 1.53 bits per heavy atom. The number of alkyl halides is 1. The van der Waals surface area contributed by atoms with Crippen LogP contribution in [0.15, 0.2) is 18.2 Å². The van der Waals surface area contributed by atoms with Gasteiger partial charge in [-0.05, 0) is 32.0 Å². The number of anilines is 1. The van der Waals surface area contributed by atoms with Gasteiger partial charge in [-0.1, -0.05) is 0 Å². The van der Waals surface area contributed by atoms with Crippen LogP contribution >= 0.6 is 11.6 Å². The molecule has 1 N–H and O–H groups in total. The highest BCUT2D eigenvalue weighted by molar-refractivity contribution is 6.33. The Kier molecular flexibility index (Phi) is 3.07. The first-order chi connectivity index (χ1) is 7.99. The number of fused-ring (bicyclic) bond motifs is 1. The maximum atomic E-state index is 11.7. The van der Waals surface area contributed by atoms with Gasteiger partial charge in [0.2, 0.25) is 0 Å². The third-order valence-corrected chi connectivity index (χ3v) is 2.75. The molecule has 1 aromatic carbocycles. The van der Waals surface area contributed by atoms with Crippen molar-refractivity contribution in [1.29, 1.82) is 0 Å². The van der Waals surface area contributed by atoms with Crippen molar-refractivity contribution < 1.29 is 14.3 Å². The number of ether oxygens (including phenoxy) is 1. The minimum Gasteiger partial charge on any atom is -0.479 e. The Labute approximate surface area is 104 Å². The normalized spacial score (nSPS) is 19.9. The van der Waals surface area contributed by atoms with Crippen molar-refractivity contribution in [3.8, 4) is 5.75 Å². The molecule has 1 aromatic rings. The van der Waals surface area contributed by atoms with Gasteiger partial charge in [-0.2, -0.15) is 0 Å². The number of rotatable bonds is 2. The first-order valence-corrected chi connectivity index (χ1v) is 5.72. The monoisotopic (exact) mass is 253 g/mol. The van der Waals surface area contributed by atoms with Gasteiger partial charge in [0.05, 0.1) is 11.1 Å².